The zero-order valence-corrected chi connectivity index (χ0v) is 7.75. The van der Waals surface area contributed by atoms with Crippen molar-refractivity contribution < 1.29 is 8.95 Å². The van der Waals surface area contributed by atoms with Crippen molar-refractivity contribution in [2.24, 2.45) is 5.92 Å². The van der Waals surface area contributed by atoms with Crippen molar-refractivity contribution in [2.45, 2.75) is 19.9 Å². The molecule has 1 aliphatic rings. The van der Waals surface area contributed by atoms with Crippen LogP contribution in [0, 0.1) is 5.92 Å². The van der Waals surface area contributed by atoms with E-state index in [9.17, 15) is 0 Å². The Morgan fingerprint density at radius 1 is 1.60 bits per heavy atom. The van der Waals surface area contributed by atoms with Crippen LogP contribution in [-0.2, 0) is 8.95 Å². The third-order valence-corrected chi connectivity index (χ3v) is 2.85. The Hall–Kier alpha value is 0.0969. The summed E-state index contributed by atoms with van der Waals surface area (Å²) in [4.78, 5) is 0. The molecule has 4 heteroatoms. The summed E-state index contributed by atoms with van der Waals surface area (Å²) in [5, 5.41) is 0. The van der Waals surface area contributed by atoms with Crippen LogP contribution in [0.2, 0.25) is 6.55 Å². The lowest BCUT2D eigenvalue weighted by molar-refractivity contribution is 0.0938. The lowest BCUT2D eigenvalue weighted by Crippen LogP contribution is -2.34. The molecule has 0 saturated carbocycles. The Labute approximate surface area is 63.5 Å². The zero-order chi connectivity index (χ0) is 7.40. The second-order valence-corrected chi connectivity index (χ2v) is 4.50. The highest BCUT2D eigenvalue weighted by Crippen LogP contribution is 2.03. The third-order valence-electron chi connectivity index (χ3n) is 1.64. The Balaban J connectivity index is 2.21. The van der Waals surface area contributed by atoms with E-state index in [0.29, 0.717) is 5.92 Å². The summed E-state index contributed by atoms with van der Waals surface area (Å²) in [6, 6.07) is 0. The van der Waals surface area contributed by atoms with Crippen molar-refractivity contribution >= 4 is 9.28 Å². The monoisotopic (exact) mass is 161 g/mol. The van der Waals surface area contributed by atoms with Gasteiger partial charge in [-0.1, -0.05) is 6.92 Å². The van der Waals surface area contributed by atoms with Gasteiger partial charge in [-0.05, 0) is 18.9 Å². The summed E-state index contributed by atoms with van der Waals surface area (Å²) in [6.07, 6.45) is 1.15. The number of hydrogen-bond acceptors (Lipinski definition) is 3. The van der Waals surface area contributed by atoms with E-state index in [1.807, 2.05) is 6.55 Å². The fraction of sp³-hybridized carbons (Fsp3) is 1.00. The van der Waals surface area contributed by atoms with E-state index in [1.54, 1.807) is 0 Å². The fourth-order valence-electron chi connectivity index (χ4n) is 0.879. The molecule has 1 saturated heterocycles. The van der Waals surface area contributed by atoms with Crippen LogP contribution < -0.4 is 5.48 Å². The molecule has 0 aromatic rings. The molecule has 1 heterocycles. The Kier molecular flexibility index (Phi) is 3.34. The van der Waals surface area contributed by atoms with Crippen LogP contribution in [0.1, 0.15) is 13.3 Å². The molecule has 1 fully saturated rings. The first-order valence-corrected chi connectivity index (χ1v) is 5.89. The first kappa shape index (κ1) is 8.20. The first-order chi connectivity index (χ1) is 4.79. The number of hydroxylamine groups is 1. The van der Waals surface area contributed by atoms with E-state index >= 15 is 0 Å². The van der Waals surface area contributed by atoms with Crippen LogP contribution in [0.4, 0.5) is 0 Å². The maximum atomic E-state index is 5.41. The normalized spacial score (nSPS) is 36.6. The predicted molar refractivity (Wildman–Crippen MR) is 41.8 cm³/mol. The minimum atomic E-state index is -1.31. The lowest BCUT2D eigenvalue weighted by atomic mass is 10.1. The largest absolute Gasteiger partial charge is 0.396 e. The third kappa shape index (κ3) is 2.79. The molecule has 0 aromatic heterocycles. The summed E-state index contributed by atoms with van der Waals surface area (Å²) in [6.45, 7) is 6.05. The van der Waals surface area contributed by atoms with Gasteiger partial charge in [0.15, 0.2) is 0 Å². The van der Waals surface area contributed by atoms with Gasteiger partial charge in [0.05, 0.1) is 0 Å². The number of rotatable bonds is 0. The molecule has 1 aliphatic heterocycles. The number of hydrogen-bond donors (Lipinski definition) is 1. The smallest absolute Gasteiger partial charge is 0.339 e. The van der Waals surface area contributed by atoms with Gasteiger partial charge in [0.1, 0.15) is 0 Å². The van der Waals surface area contributed by atoms with Crippen molar-refractivity contribution in [2.75, 3.05) is 13.2 Å². The topological polar surface area (TPSA) is 30.5 Å². The molecule has 0 aliphatic carbocycles. The minimum absolute atomic E-state index is 0.668. The summed E-state index contributed by atoms with van der Waals surface area (Å²) < 4.78 is 10.6. The highest BCUT2D eigenvalue weighted by molar-refractivity contribution is 6.42. The summed E-state index contributed by atoms with van der Waals surface area (Å²) >= 11 is 0. The van der Waals surface area contributed by atoms with Gasteiger partial charge in [-0.15, -0.1) is 0 Å². The Morgan fingerprint density at radius 2 is 2.40 bits per heavy atom. The zero-order valence-electron chi connectivity index (χ0n) is 6.59. The second kappa shape index (κ2) is 4.08. The maximum Gasteiger partial charge on any atom is 0.339 e. The van der Waals surface area contributed by atoms with Crippen LogP contribution in [-0.4, -0.2) is 22.4 Å². The van der Waals surface area contributed by atoms with Crippen molar-refractivity contribution in [1.82, 2.24) is 5.48 Å². The number of nitrogens with one attached hydrogen (secondary N) is 1. The first-order valence-electron chi connectivity index (χ1n) is 3.79. The van der Waals surface area contributed by atoms with Crippen molar-refractivity contribution in [1.29, 1.82) is 0 Å². The Morgan fingerprint density at radius 3 is 3.20 bits per heavy atom. The van der Waals surface area contributed by atoms with Gasteiger partial charge < -0.3 is 8.95 Å². The molecule has 1 N–H and O–H groups in total. The van der Waals surface area contributed by atoms with Gasteiger partial charge in [0, 0.05) is 13.2 Å². The van der Waals surface area contributed by atoms with Crippen molar-refractivity contribution in [3.63, 3.8) is 0 Å². The average molecular weight is 161 g/mol. The van der Waals surface area contributed by atoms with Crippen LogP contribution in [0.15, 0.2) is 0 Å². The molecule has 10 heavy (non-hydrogen) atoms. The highest BCUT2D eigenvalue weighted by atomic mass is 28.3. The van der Waals surface area contributed by atoms with Crippen molar-refractivity contribution in [3.05, 3.63) is 0 Å². The molecule has 0 aromatic carbocycles. The molecule has 0 bridgehead atoms. The SMILES string of the molecule is CC1CCO[SiH](C)ONC1. The fourth-order valence-corrected chi connectivity index (χ4v) is 1.75. The van der Waals surface area contributed by atoms with Gasteiger partial charge in [-0.3, -0.25) is 0 Å². The standard InChI is InChI=1S/C6H15NO2Si/c1-6-3-4-8-10(2)9-7-5-6/h6-7,10H,3-5H2,1-2H3. The molecule has 0 radical (unpaired) electrons. The van der Waals surface area contributed by atoms with Crippen LogP contribution in [0.25, 0.3) is 0 Å². The van der Waals surface area contributed by atoms with Gasteiger partial charge >= 0.3 is 9.28 Å². The van der Waals surface area contributed by atoms with E-state index in [0.717, 1.165) is 19.6 Å². The maximum absolute atomic E-state index is 5.41. The molecular weight excluding hydrogens is 146 g/mol. The van der Waals surface area contributed by atoms with Gasteiger partial charge in [-0.2, -0.15) is 0 Å². The van der Waals surface area contributed by atoms with E-state index in [4.69, 9.17) is 8.95 Å². The minimum Gasteiger partial charge on any atom is -0.396 e. The molecule has 60 valence electrons. The molecule has 0 spiro atoms. The van der Waals surface area contributed by atoms with Crippen LogP contribution >= 0.6 is 0 Å². The molecule has 0 amide bonds. The molecule has 1 rings (SSSR count). The molecule has 2 atom stereocenters. The van der Waals surface area contributed by atoms with E-state index in [-0.39, 0.29) is 0 Å². The van der Waals surface area contributed by atoms with Crippen LogP contribution in [0.3, 0.4) is 0 Å². The molecule has 3 nitrogen and oxygen atoms in total. The summed E-state index contributed by atoms with van der Waals surface area (Å²) in [5.41, 5.74) is 2.92. The van der Waals surface area contributed by atoms with E-state index < -0.39 is 9.28 Å². The predicted octanol–water partition coefficient (Wildman–Crippen LogP) is 0.414. The van der Waals surface area contributed by atoms with E-state index in [1.165, 1.54) is 0 Å². The molecule has 2 unspecified atom stereocenters. The highest BCUT2D eigenvalue weighted by Gasteiger charge is 2.11. The van der Waals surface area contributed by atoms with Crippen LogP contribution in [0.5, 0.6) is 0 Å². The molecular formula is C6H15NO2Si. The average Bonchev–Trinajstić information content (AvgIpc) is 1.84. The lowest BCUT2D eigenvalue weighted by Gasteiger charge is -2.20. The second-order valence-electron chi connectivity index (χ2n) is 2.80. The van der Waals surface area contributed by atoms with Gasteiger partial charge in [0.2, 0.25) is 0 Å². The van der Waals surface area contributed by atoms with E-state index in [2.05, 4.69) is 12.4 Å². The van der Waals surface area contributed by atoms with Gasteiger partial charge in [0.25, 0.3) is 0 Å². The summed E-state index contributed by atoms with van der Waals surface area (Å²) in [5.74, 6) is 0.668. The Bertz CT molecular complexity index is 81.7. The summed E-state index contributed by atoms with van der Waals surface area (Å²) in [7, 11) is -1.31. The quantitative estimate of drug-likeness (QED) is 0.522. The van der Waals surface area contributed by atoms with Gasteiger partial charge in [-0.25, -0.2) is 5.48 Å². The van der Waals surface area contributed by atoms with Crippen molar-refractivity contribution in [3.8, 4) is 0 Å².